The third kappa shape index (κ3) is 4.10. The number of oxazole rings is 1. The number of fused-ring (bicyclic) bond motifs is 1. The van der Waals surface area contributed by atoms with Crippen LogP contribution in [0.4, 0.5) is 26.3 Å². The van der Waals surface area contributed by atoms with E-state index >= 15 is 0 Å². The van der Waals surface area contributed by atoms with Gasteiger partial charge in [-0.25, -0.2) is 4.98 Å². The first-order valence-corrected chi connectivity index (χ1v) is 8.53. The molecule has 0 saturated heterocycles. The first-order chi connectivity index (χ1) is 14.1. The number of aromatic nitrogens is 1. The number of hydrogen-bond acceptors (Lipinski definition) is 3. The molecule has 0 atom stereocenters. The summed E-state index contributed by atoms with van der Waals surface area (Å²) in [6.07, 6.45) is -9.38. The zero-order chi connectivity index (χ0) is 21.5. The summed E-state index contributed by atoms with van der Waals surface area (Å²) in [5, 5.41) is 0. The van der Waals surface area contributed by atoms with Crippen molar-refractivity contribution in [3.8, 4) is 28.3 Å². The third-order valence-electron chi connectivity index (χ3n) is 4.25. The number of hydrogen-bond donors (Lipinski definition) is 0. The topological polar surface area (TPSA) is 35.3 Å². The molecule has 0 amide bonds. The molecular formula is C21H11F6NO2. The lowest BCUT2D eigenvalue weighted by atomic mass is 9.99. The quantitative estimate of drug-likeness (QED) is 0.330. The van der Waals surface area contributed by atoms with E-state index < -0.39 is 23.9 Å². The Bertz CT molecular complexity index is 1210. The molecule has 0 spiro atoms. The molecule has 4 rings (SSSR count). The molecule has 1 aromatic heterocycles. The van der Waals surface area contributed by atoms with Crippen molar-refractivity contribution >= 4 is 11.1 Å². The molecule has 4 aromatic rings. The van der Waals surface area contributed by atoms with E-state index in [9.17, 15) is 26.3 Å². The number of rotatable bonds is 3. The Morgan fingerprint density at radius 3 is 2.27 bits per heavy atom. The Morgan fingerprint density at radius 2 is 1.53 bits per heavy atom. The smallest absolute Gasteiger partial charge is 0.436 e. The summed E-state index contributed by atoms with van der Waals surface area (Å²) < 4.78 is 86.7. The maximum Gasteiger partial charge on any atom is 0.573 e. The van der Waals surface area contributed by atoms with Gasteiger partial charge in [-0.1, -0.05) is 30.3 Å². The van der Waals surface area contributed by atoms with Crippen LogP contribution in [0.1, 0.15) is 5.56 Å². The third-order valence-corrected chi connectivity index (χ3v) is 4.25. The molecule has 0 aliphatic heterocycles. The minimum absolute atomic E-state index is 0.0129. The van der Waals surface area contributed by atoms with Gasteiger partial charge in [0, 0.05) is 5.56 Å². The Hall–Kier alpha value is -3.49. The fourth-order valence-corrected chi connectivity index (χ4v) is 3.02. The first-order valence-electron chi connectivity index (χ1n) is 8.53. The fourth-order valence-electron chi connectivity index (χ4n) is 3.02. The van der Waals surface area contributed by atoms with Crippen LogP contribution in [0.5, 0.6) is 5.75 Å². The van der Waals surface area contributed by atoms with Crippen molar-refractivity contribution < 1.29 is 35.5 Å². The Morgan fingerprint density at radius 1 is 0.767 bits per heavy atom. The molecule has 1 heterocycles. The van der Waals surface area contributed by atoms with Crippen LogP contribution in [0.3, 0.4) is 0 Å². The van der Waals surface area contributed by atoms with Gasteiger partial charge < -0.3 is 9.15 Å². The van der Waals surface area contributed by atoms with E-state index in [4.69, 9.17) is 4.42 Å². The summed E-state index contributed by atoms with van der Waals surface area (Å²) in [6.45, 7) is 0. The van der Waals surface area contributed by atoms with Gasteiger partial charge in [0.25, 0.3) is 0 Å². The van der Waals surface area contributed by atoms with Crippen LogP contribution >= 0.6 is 0 Å². The molecule has 0 aliphatic rings. The summed E-state index contributed by atoms with van der Waals surface area (Å²) in [6, 6.07) is 14.6. The second-order valence-electron chi connectivity index (χ2n) is 6.32. The Balaban J connectivity index is 1.74. The van der Waals surface area contributed by atoms with Gasteiger partial charge in [-0.05, 0) is 47.5 Å². The average molecular weight is 423 g/mol. The van der Waals surface area contributed by atoms with Gasteiger partial charge in [0.05, 0.1) is 5.56 Å². The van der Waals surface area contributed by atoms with Crippen molar-refractivity contribution in [3.05, 3.63) is 72.3 Å². The first kappa shape index (κ1) is 19.8. The molecular weight excluding hydrogens is 412 g/mol. The summed E-state index contributed by atoms with van der Waals surface area (Å²) in [5.74, 6) is -0.430. The molecule has 0 fully saturated rings. The fraction of sp³-hybridized carbons (Fsp3) is 0.0952. The predicted molar refractivity (Wildman–Crippen MR) is 96.6 cm³/mol. The number of halogens is 6. The van der Waals surface area contributed by atoms with Crippen molar-refractivity contribution in [3.63, 3.8) is 0 Å². The van der Waals surface area contributed by atoms with Crippen molar-refractivity contribution in [2.75, 3.05) is 0 Å². The van der Waals surface area contributed by atoms with E-state index in [1.165, 1.54) is 48.5 Å². The second kappa shape index (κ2) is 7.08. The average Bonchev–Trinajstić information content (AvgIpc) is 3.09. The maximum atomic E-state index is 13.3. The van der Waals surface area contributed by atoms with Crippen molar-refractivity contribution in [2.24, 2.45) is 0 Å². The summed E-state index contributed by atoms with van der Waals surface area (Å²) in [4.78, 5) is 4.20. The molecule has 0 unspecified atom stereocenters. The lowest BCUT2D eigenvalue weighted by Gasteiger charge is -2.12. The van der Waals surface area contributed by atoms with Gasteiger partial charge in [-0.2, -0.15) is 13.2 Å². The normalized spacial score (nSPS) is 12.3. The van der Waals surface area contributed by atoms with E-state index in [0.717, 1.165) is 18.2 Å². The molecule has 154 valence electrons. The van der Waals surface area contributed by atoms with Crippen LogP contribution in [0.2, 0.25) is 0 Å². The van der Waals surface area contributed by atoms with Gasteiger partial charge in [-0.3, -0.25) is 0 Å². The minimum atomic E-state index is -4.85. The largest absolute Gasteiger partial charge is 0.573 e. The van der Waals surface area contributed by atoms with E-state index in [-0.39, 0.29) is 28.2 Å². The monoisotopic (exact) mass is 423 g/mol. The van der Waals surface area contributed by atoms with Gasteiger partial charge in [-0.15, -0.1) is 13.2 Å². The molecule has 3 aromatic carbocycles. The van der Waals surface area contributed by atoms with Crippen molar-refractivity contribution in [2.45, 2.75) is 12.5 Å². The highest BCUT2D eigenvalue weighted by Gasteiger charge is 2.33. The van der Waals surface area contributed by atoms with Crippen LogP contribution in [-0.4, -0.2) is 11.3 Å². The maximum absolute atomic E-state index is 13.3. The lowest BCUT2D eigenvalue weighted by Crippen LogP contribution is -2.17. The molecule has 0 saturated carbocycles. The standard InChI is InChI=1S/C21H11F6NO2/c22-20(23,24)16-7-2-1-6-15(16)12-8-9-17-18(11-12)29-19(28-17)13-4-3-5-14(10-13)30-21(25,26)27/h1-11H. The summed E-state index contributed by atoms with van der Waals surface area (Å²) in [5.41, 5.74) is 0.228. The highest BCUT2D eigenvalue weighted by atomic mass is 19.4. The SMILES string of the molecule is FC(F)(F)Oc1cccc(-c2nc3ccc(-c4ccccc4C(F)(F)F)cc3o2)c1. The van der Waals surface area contributed by atoms with Crippen LogP contribution in [0.25, 0.3) is 33.7 Å². The molecule has 0 bridgehead atoms. The van der Waals surface area contributed by atoms with Gasteiger partial charge in [0.15, 0.2) is 5.58 Å². The number of ether oxygens (including phenoxy) is 1. The number of alkyl halides is 6. The van der Waals surface area contributed by atoms with Crippen molar-refractivity contribution in [1.29, 1.82) is 0 Å². The summed E-state index contributed by atoms with van der Waals surface area (Å²) >= 11 is 0. The summed E-state index contributed by atoms with van der Waals surface area (Å²) in [7, 11) is 0. The minimum Gasteiger partial charge on any atom is -0.436 e. The van der Waals surface area contributed by atoms with E-state index in [1.807, 2.05) is 0 Å². The second-order valence-corrected chi connectivity index (χ2v) is 6.32. The van der Waals surface area contributed by atoms with Gasteiger partial charge in [0.2, 0.25) is 5.89 Å². The zero-order valence-electron chi connectivity index (χ0n) is 14.9. The number of nitrogens with zero attached hydrogens (tertiary/aromatic N) is 1. The lowest BCUT2D eigenvalue weighted by molar-refractivity contribution is -0.274. The molecule has 9 heteroatoms. The molecule has 30 heavy (non-hydrogen) atoms. The highest BCUT2D eigenvalue weighted by molar-refractivity contribution is 5.83. The molecule has 0 radical (unpaired) electrons. The molecule has 3 nitrogen and oxygen atoms in total. The number of benzene rings is 3. The molecule has 0 N–H and O–H groups in total. The van der Waals surface area contributed by atoms with Crippen LogP contribution < -0.4 is 4.74 Å². The zero-order valence-corrected chi connectivity index (χ0v) is 14.9. The van der Waals surface area contributed by atoms with Gasteiger partial charge in [0.1, 0.15) is 11.3 Å². The van der Waals surface area contributed by atoms with Crippen LogP contribution in [0.15, 0.2) is 71.1 Å². The van der Waals surface area contributed by atoms with Gasteiger partial charge >= 0.3 is 12.5 Å². The van der Waals surface area contributed by atoms with E-state index in [1.54, 1.807) is 0 Å². The molecule has 0 aliphatic carbocycles. The Kier molecular flexibility index (Phi) is 4.68. The van der Waals surface area contributed by atoms with Crippen LogP contribution in [-0.2, 0) is 6.18 Å². The highest BCUT2D eigenvalue weighted by Crippen LogP contribution is 2.38. The Labute approximate surface area is 165 Å². The van der Waals surface area contributed by atoms with Crippen LogP contribution in [0, 0.1) is 0 Å². The van der Waals surface area contributed by atoms with Crippen molar-refractivity contribution in [1.82, 2.24) is 4.98 Å². The predicted octanol–water partition coefficient (Wildman–Crippen LogP) is 7.08. The van der Waals surface area contributed by atoms with E-state index in [0.29, 0.717) is 5.52 Å². The van der Waals surface area contributed by atoms with E-state index in [2.05, 4.69) is 9.72 Å².